The van der Waals surface area contributed by atoms with Crippen molar-refractivity contribution in [2.75, 3.05) is 45.9 Å². The van der Waals surface area contributed by atoms with E-state index in [1.807, 2.05) is 30.3 Å². The fourth-order valence-electron chi connectivity index (χ4n) is 3.90. The van der Waals surface area contributed by atoms with Crippen LogP contribution in [0.25, 0.3) is 11.3 Å². The van der Waals surface area contributed by atoms with Crippen molar-refractivity contribution in [2.45, 2.75) is 18.4 Å². The number of hydrogen-bond donors (Lipinski definition) is 1. The molecule has 144 valence electrons. The Bertz CT molecular complexity index is 773. The third-order valence-corrected chi connectivity index (χ3v) is 5.20. The maximum Gasteiger partial charge on any atom is 0.259 e. The molecule has 2 aliphatic heterocycles. The highest BCUT2D eigenvalue weighted by Crippen LogP contribution is 2.26. The molecule has 27 heavy (non-hydrogen) atoms. The van der Waals surface area contributed by atoms with E-state index in [-0.39, 0.29) is 19.1 Å². The van der Waals surface area contributed by atoms with Crippen LogP contribution in [-0.2, 0) is 4.74 Å². The molecule has 4 rings (SSSR count). The van der Waals surface area contributed by atoms with Gasteiger partial charge in [0.05, 0.1) is 26.0 Å². The fraction of sp³-hybridized carbons (Fsp3) is 0.500. The van der Waals surface area contributed by atoms with Crippen LogP contribution in [0.15, 0.2) is 41.1 Å². The molecule has 0 spiro atoms. The molecule has 0 saturated carbocycles. The lowest BCUT2D eigenvalue weighted by Gasteiger charge is -2.33. The molecule has 2 saturated heterocycles. The topological polar surface area (TPSA) is 79.0 Å². The maximum absolute atomic E-state index is 13.2. The second-order valence-electron chi connectivity index (χ2n) is 7.42. The molecule has 3 heterocycles. The Morgan fingerprint density at radius 3 is 2.74 bits per heavy atom. The van der Waals surface area contributed by atoms with Gasteiger partial charge in [-0.3, -0.25) is 4.79 Å². The number of aromatic nitrogens is 1. The van der Waals surface area contributed by atoms with E-state index in [2.05, 4.69) is 10.1 Å². The van der Waals surface area contributed by atoms with Gasteiger partial charge in [0, 0.05) is 18.7 Å². The molecule has 2 aliphatic rings. The van der Waals surface area contributed by atoms with Gasteiger partial charge in [-0.2, -0.15) is 0 Å². The van der Waals surface area contributed by atoms with Crippen LogP contribution in [0, 0.1) is 0 Å². The molecule has 0 bridgehead atoms. The number of rotatable bonds is 4. The number of ether oxygens (including phenoxy) is 1. The van der Waals surface area contributed by atoms with Crippen LogP contribution >= 0.6 is 0 Å². The van der Waals surface area contributed by atoms with Crippen LogP contribution in [0.5, 0.6) is 0 Å². The quantitative estimate of drug-likeness (QED) is 0.880. The Kier molecular flexibility index (Phi) is 5.24. The molecule has 7 heteroatoms. The second-order valence-corrected chi connectivity index (χ2v) is 7.42. The third-order valence-electron chi connectivity index (χ3n) is 5.20. The highest BCUT2D eigenvalue weighted by Gasteiger charge is 2.37. The first-order chi connectivity index (χ1) is 13.1. The third kappa shape index (κ3) is 4.05. The van der Waals surface area contributed by atoms with Gasteiger partial charge in [0.15, 0.2) is 5.76 Å². The number of hydrogen-bond acceptors (Lipinski definition) is 6. The van der Waals surface area contributed by atoms with Crippen molar-refractivity contribution < 1.29 is 19.2 Å². The van der Waals surface area contributed by atoms with E-state index in [4.69, 9.17) is 9.26 Å². The van der Waals surface area contributed by atoms with Crippen LogP contribution in [-0.4, -0.2) is 77.5 Å². The van der Waals surface area contributed by atoms with Gasteiger partial charge in [-0.15, -0.1) is 0 Å². The summed E-state index contributed by atoms with van der Waals surface area (Å²) in [6.45, 7) is 3.80. The van der Waals surface area contributed by atoms with Gasteiger partial charge in [-0.05, 0) is 25.9 Å². The molecular formula is C20H25N3O4. The Hall–Kier alpha value is -2.22. The zero-order valence-electron chi connectivity index (χ0n) is 15.3. The minimum Gasteiger partial charge on any atom is -0.384 e. The summed E-state index contributed by atoms with van der Waals surface area (Å²) in [5.41, 5.74) is 0.143. The SMILES string of the molecule is O=C(c1cnoc1-c1ccccc1)N1CCOC[C@@](O)(CN2CCCC2)C1. The van der Waals surface area contributed by atoms with E-state index in [0.717, 1.165) is 31.5 Å². The number of likely N-dealkylation sites (tertiary alicyclic amines) is 1. The fourth-order valence-corrected chi connectivity index (χ4v) is 3.90. The largest absolute Gasteiger partial charge is 0.384 e. The molecule has 0 unspecified atom stereocenters. The Morgan fingerprint density at radius 2 is 1.96 bits per heavy atom. The highest BCUT2D eigenvalue weighted by atomic mass is 16.5. The second kappa shape index (κ2) is 7.80. The summed E-state index contributed by atoms with van der Waals surface area (Å²) in [6, 6.07) is 9.45. The molecule has 1 amide bonds. The molecule has 2 aromatic rings. The van der Waals surface area contributed by atoms with Crippen LogP contribution < -0.4 is 0 Å². The van der Waals surface area contributed by atoms with Crippen molar-refractivity contribution >= 4 is 5.91 Å². The van der Waals surface area contributed by atoms with E-state index in [0.29, 0.717) is 31.0 Å². The number of aliphatic hydroxyl groups is 1. The monoisotopic (exact) mass is 371 g/mol. The smallest absolute Gasteiger partial charge is 0.259 e. The summed E-state index contributed by atoms with van der Waals surface area (Å²) in [7, 11) is 0. The van der Waals surface area contributed by atoms with Gasteiger partial charge in [-0.25, -0.2) is 0 Å². The van der Waals surface area contributed by atoms with Gasteiger partial charge in [0.25, 0.3) is 5.91 Å². The number of carbonyl (C=O) groups excluding carboxylic acids is 1. The van der Waals surface area contributed by atoms with E-state index in [9.17, 15) is 9.90 Å². The van der Waals surface area contributed by atoms with Gasteiger partial charge in [0.1, 0.15) is 11.2 Å². The molecular weight excluding hydrogens is 346 g/mol. The standard InChI is InChI=1S/C20H25N3O4/c24-19(17-12-21-27-18(17)16-6-2-1-3-7-16)23-10-11-26-15-20(25,14-23)13-22-8-4-5-9-22/h1-3,6-7,12,25H,4-5,8-11,13-15H2/t20-/m1/s1. The minimum atomic E-state index is -1.07. The number of β-amino-alcohol motifs (C(OH)–C–C–N with tert-alkyl or cyclic N) is 1. The first-order valence-electron chi connectivity index (χ1n) is 9.46. The molecule has 1 atom stereocenters. The van der Waals surface area contributed by atoms with Crippen molar-refractivity contribution in [1.82, 2.24) is 15.0 Å². The molecule has 1 N–H and O–H groups in total. The molecule has 7 nitrogen and oxygen atoms in total. The van der Waals surface area contributed by atoms with Gasteiger partial charge in [0.2, 0.25) is 0 Å². The number of amides is 1. The predicted octanol–water partition coefficient (Wildman–Crippen LogP) is 1.64. The normalized spacial score (nSPS) is 24.1. The minimum absolute atomic E-state index is 0.194. The Labute approximate surface area is 158 Å². The van der Waals surface area contributed by atoms with Crippen molar-refractivity contribution in [1.29, 1.82) is 0 Å². The lowest BCUT2D eigenvalue weighted by atomic mass is 10.0. The summed E-state index contributed by atoms with van der Waals surface area (Å²) < 4.78 is 11.0. The average Bonchev–Trinajstić information content (AvgIpc) is 3.32. The lowest BCUT2D eigenvalue weighted by molar-refractivity contribution is -0.0524. The van der Waals surface area contributed by atoms with Crippen LogP contribution in [0.1, 0.15) is 23.2 Å². The summed E-state index contributed by atoms with van der Waals surface area (Å²) in [6.07, 6.45) is 3.76. The van der Waals surface area contributed by atoms with Gasteiger partial charge < -0.3 is 24.2 Å². The molecule has 0 aliphatic carbocycles. The van der Waals surface area contributed by atoms with Crippen LogP contribution in [0.3, 0.4) is 0 Å². The van der Waals surface area contributed by atoms with E-state index in [1.165, 1.54) is 6.20 Å². The van der Waals surface area contributed by atoms with Crippen LogP contribution in [0.2, 0.25) is 0 Å². The first kappa shape index (κ1) is 18.2. The number of carbonyl (C=O) groups is 1. The summed E-state index contributed by atoms with van der Waals surface area (Å²) in [5, 5.41) is 14.9. The van der Waals surface area contributed by atoms with Crippen molar-refractivity contribution in [2.24, 2.45) is 0 Å². The van der Waals surface area contributed by atoms with Crippen LogP contribution in [0.4, 0.5) is 0 Å². The molecule has 1 aromatic carbocycles. The Balaban J connectivity index is 1.53. The van der Waals surface area contributed by atoms with E-state index in [1.54, 1.807) is 4.90 Å². The summed E-state index contributed by atoms with van der Waals surface area (Å²) in [5.74, 6) is 0.259. The van der Waals surface area contributed by atoms with Crippen molar-refractivity contribution in [3.8, 4) is 11.3 Å². The van der Waals surface area contributed by atoms with Gasteiger partial charge >= 0.3 is 0 Å². The summed E-state index contributed by atoms with van der Waals surface area (Å²) in [4.78, 5) is 17.1. The van der Waals surface area contributed by atoms with Crippen molar-refractivity contribution in [3.63, 3.8) is 0 Å². The first-order valence-corrected chi connectivity index (χ1v) is 9.46. The Morgan fingerprint density at radius 1 is 1.19 bits per heavy atom. The van der Waals surface area contributed by atoms with Crippen molar-refractivity contribution in [3.05, 3.63) is 42.1 Å². The molecule has 2 fully saturated rings. The lowest BCUT2D eigenvalue weighted by Crippen LogP contribution is -2.53. The summed E-state index contributed by atoms with van der Waals surface area (Å²) >= 11 is 0. The zero-order valence-corrected chi connectivity index (χ0v) is 15.3. The van der Waals surface area contributed by atoms with E-state index >= 15 is 0 Å². The number of benzene rings is 1. The maximum atomic E-state index is 13.2. The molecule has 0 radical (unpaired) electrons. The zero-order chi connectivity index (χ0) is 18.7. The highest BCUT2D eigenvalue weighted by molar-refractivity contribution is 5.99. The number of nitrogens with zero attached hydrogens (tertiary/aromatic N) is 3. The average molecular weight is 371 g/mol. The predicted molar refractivity (Wildman–Crippen MR) is 99.3 cm³/mol. The van der Waals surface area contributed by atoms with Gasteiger partial charge in [-0.1, -0.05) is 35.5 Å². The molecule has 1 aromatic heterocycles. The van der Waals surface area contributed by atoms with E-state index < -0.39 is 5.60 Å².